The van der Waals surface area contributed by atoms with E-state index in [1.807, 2.05) is 0 Å². The van der Waals surface area contributed by atoms with Crippen LogP contribution in [0.3, 0.4) is 0 Å². The average Bonchev–Trinajstić information content (AvgIpc) is 2.34. The number of nitrogens with zero attached hydrogens (tertiary/aromatic N) is 1. The first kappa shape index (κ1) is 12.9. The van der Waals surface area contributed by atoms with Crippen molar-refractivity contribution in [3.05, 3.63) is 25.3 Å². The molecule has 0 bridgehead atoms. The van der Waals surface area contributed by atoms with E-state index >= 15 is 0 Å². The summed E-state index contributed by atoms with van der Waals surface area (Å²) in [6.45, 7) is 7.83. The molecule has 2 rings (SSSR count). The zero-order valence-electron chi connectivity index (χ0n) is 11.3. The highest BCUT2D eigenvalue weighted by atomic mass is 15.2. The zero-order valence-corrected chi connectivity index (χ0v) is 11.3. The second-order valence-electron chi connectivity index (χ2n) is 5.87. The largest absolute Gasteiger partial charge is 0.300 e. The summed E-state index contributed by atoms with van der Waals surface area (Å²) in [7, 11) is 2.33. The van der Waals surface area contributed by atoms with E-state index in [-0.39, 0.29) is 0 Å². The normalized spacial score (nSPS) is 38.4. The molecule has 0 aromatic carbocycles. The molecule has 1 aliphatic carbocycles. The third kappa shape index (κ3) is 2.65. The van der Waals surface area contributed by atoms with Gasteiger partial charge in [0.15, 0.2) is 0 Å². The number of likely N-dealkylation sites (tertiary alicyclic amines) is 1. The molecule has 0 aromatic rings. The van der Waals surface area contributed by atoms with Crippen molar-refractivity contribution in [2.24, 2.45) is 11.8 Å². The maximum Gasteiger partial charge on any atom is 0.0130 e. The van der Waals surface area contributed by atoms with Gasteiger partial charge in [0.1, 0.15) is 0 Å². The van der Waals surface area contributed by atoms with Crippen molar-refractivity contribution in [1.29, 1.82) is 0 Å². The van der Waals surface area contributed by atoms with E-state index in [0.717, 1.165) is 30.3 Å². The molecular weight excluding hydrogens is 206 g/mol. The average molecular weight is 233 g/mol. The smallest absolute Gasteiger partial charge is 0.0130 e. The number of allylic oxidation sites excluding steroid dienone is 1. The lowest BCUT2D eigenvalue weighted by Gasteiger charge is -2.50. The van der Waals surface area contributed by atoms with E-state index in [1.165, 1.54) is 38.5 Å². The first-order valence-corrected chi connectivity index (χ1v) is 7.21. The predicted octanol–water partition coefficient (Wildman–Crippen LogP) is 4.02. The molecule has 0 N–H and O–H groups in total. The van der Waals surface area contributed by atoms with Crippen LogP contribution in [0.15, 0.2) is 25.3 Å². The SMILES string of the molecule is C=CCC1CCCC2C1CCC(CC=C)N2C. The van der Waals surface area contributed by atoms with Crippen LogP contribution >= 0.6 is 0 Å². The molecule has 1 heterocycles. The number of hydrogen-bond acceptors (Lipinski definition) is 1. The Morgan fingerprint density at radius 2 is 1.82 bits per heavy atom. The predicted molar refractivity (Wildman–Crippen MR) is 75.0 cm³/mol. The quantitative estimate of drug-likeness (QED) is 0.663. The van der Waals surface area contributed by atoms with E-state index in [2.05, 4.69) is 37.3 Å². The summed E-state index contributed by atoms with van der Waals surface area (Å²) in [6, 6.07) is 1.57. The van der Waals surface area contributed by atoms with Gasteiger partial charge in [-0.1, -0.05) is 18.6 Å². The summed E-state index contributed by atoms with van der Waals surface area (Å²) in [6.07, 6.45) is 13.6. The molecule has 1 saturated carbocycles. The Labute approximate surface area is 107 Å². The Morgan fingerprint density at radius 3 is 2.53 bits per heavy atom. The van der Waals surface area contributed by atoms with Crippen LogP contribution in [0.5, 0.6) is 0 Å². The summed E-state index contributed by atoms with van der Waals surface area (Å²) in [5, 5.41) is 0. The molecule has 1 nitrogen and oxygen atoms in total. The van der Waals surface area contributed by atoms with Crippen LogP contribution in [-0.2, 0) is 0 Å². The summed E-state index contributed by atoms with van der Waals surface area (Å²) in [4.78, 5) is 2.66. The van der Waals surface area contributed by atoms with Crippen LogP contribution in [-0.4, -0.2) is 24.0 Å². The zero-order chi connectivity index (χ0) is 12.3. The molecule has 0 amide bonds. The molecule has 2 fully saturated rings. The second kappa shape index (κ2) is 5.86. The van der Waals surface area contributed by atoms with E-state index < -0.39 is 0 Å². The minimum Gasteiger partial charge on any atom is -0.300 e. The topological polar surface area (TPSA) is 3.24 Å². The lowest BCUT2D eigenvalue weighted by atomic mass is 9.69. The van der Waals surface area contributed by atoms with Gasteiger partial charge in [-0.25, -0.2) is 0 Å². The molecule has 0 radical (unpaired) electrons. The minimum absolute atomic E-state index is 0.747. The van der Waals surface area contributed by atoms with Crippen molar-refractivity contribution < 1.29 is 0 Å². The maximum atomic E-state index is 3.93. The second-order valence-corrected chi connectivity index (χ2v) is 5.87. The highest BCUT2D eigenvalue weighted by Crippen LogP contribution is 2.42. The molecule has 0 spiro atoms. The third-order valence-corrected chi connectivity index (χ3v) is 5.01. The Bertz CT molecular complexity index is 271. The molecule has 4 unspecified atom stereocenters. The Kier molecular flexibility index (Phi) is 4.44. The Hall–Kier alpha value is -0.560. The lowest BCUT2D eigenvalue weighted by Crippen LogP contribution is -2.52. The van der Waals surface area contributed by atoms with Gasteiger partial charge in [0.05, 0.1) is 0 Å². The Morgan fingerprint density at radius 1 is 1.06 bits per heavy atom. The van der Waals surface area contributed by atoms with Crippen molar-refractivity contribution in [3.8, 4) is 0 Å². The van der Waals surface area contributed by atoms with E-state index in [9.17, 15) is 0 Å². The summed E-state index contributed by atoms with van der Waals surface area (Å²) < 4.78 is 0. The fourth-order valence-corrected chi connectivity index (χ4v) is 4.11. The van der Waals surface area contributed by atoms with Gasteiger partial charge in [-0.3, -0.25) is 4.90 Å². The summed E-state index contributed by atoms with van der Waals surface area (Å²) in [5.74, 6) is 1.83. The van der Waals surface area contributed by atoms with Crippen molar-refractivity contribution in [2.45, 2.75) is 57.0 Å². The van der Waals surface area contributed by atoms with Crippen LogP contribution in [0.4, 0.5) is 0 Å². The number of fused-ring (bicyclic) bond motifs is 1. The minimum atomic E-state index is 0.747. The molecular formula is C16H27N. The molecule has 96 valence electrons. The van der Waals surface area contributed by atoms with Crippen molar-refractivity contribution in [3.63, 3.8) is 0 Å². The van der Waals surface area contributed by atoms with Crippen LogP contribution in [0.25, 0.3) is 0 Å². The molecule has 17 heavy (non-hydrogen) atoms. The van der Waals surface area contributed by atoms with Crippen LogP contribution < -0.4 is 0 Å². The summed E-state index contributed by atoms with van der Waals surface area (Å²) in [5.41, 5.74) is 0. The fourth-order valence-electron chi connectivity index (χ4n) is 4.11. The van der Waals surface area contributed by atoms with Crippen LogP contribution in [0.2, 0.25) is 0 Å². The van der Waals surface area contributed by atoms with Crippen LogP contribution in [0.1, 0.15) is 44.9 Å². The van der Waals surface area contributed by atoms with Gasteiger partial charge in [-0.05, 0) is 57.4 Å². The number of rotatable bonds is 4. The van der Waals surface area contributed by atoms with Gasteiger partial charge in [-0.15, -0.1) is 13.2 Å². The molecule has 4 atom stereocenters. The molecule has 1 saturated heterocycles. The van der Waals surface area contributed by atoms with E-state index in [1.54, 1.807) is 0 Å². The van der Waals surface area contributed by atoms with Gasteiger partial charge in [0.2, 0.25) is 0 Å². The van der Waals surface area contributed by atoms with Crippen LogP contribution in [0, 0.1) is 11.8 Å². The third-order valence-electron chi connectivity index (χ3n) is 5.01. The van der Waals surface area contributed by atoms with Gasteiger partial charge >= 0.3 is 0 Å². The molecule has 0 aromatic heterocycles. The highest BCUT2D eigenvalue weighted by molar-refractivity contribution is 4.96. The molecule has 1 heteroatoms. The first-order chi connectivity index (χ1) is 8.27. The van der Waals surface area contributed by atoms with Gasteiger partial charge < -0.3 is 0 Å². The molecule has 1 aliphatic heterocycles. The standard InChI is InChI=1S/C16H27N/c1-4-7-13-9-6-10-16-15(13)12-11-14(8-5-2)17(16)3/h4-5,13-16H,1-2,6-12H2,3H3. The lowest BCUT2D eigenvalue weighted by molar-refractivity contribution is 0.00779. The molecule has 2 aliphatic rings. The highest BCUT2D eigenvalue weighted by Gasteiger charge is 2.39. The van der Waals surface area contributed by atoms with E-state index in [4.69, 9.17) is 0 Å². The summed E-state index contributed by atoms with van der Waals surface area (Å²) >= 11 is 0. The first-order valence-electron chi connectivity index (χ1n) is 7.21. The number of piperidine rings is 1. The van der Waals surface area contributed by atoms with Gasteiger partial charge in [-0.2, -0.15) is 0 Å². The van der Waals surface area contributed by atoms with Crippen molar-refractivity contribution >= 4 is 0 Å². The number of hydrogen-bond donors (Lipinski definition) is 0. The van der Waals surface area contributed by atoms with E-state index in [0.29, 0.717) is 0 Å². The van der Waals surface area contributed by atoms with Gasteiger partial charge in [0, 0.05) is 12.1 Å². The van der Waals surface area contributed by atoms with Crippen molar-refractivity contribution in [2.75, 3.05) is 7.05 Å². The fraction of sp³-hybridized carbons (Fsp3) is 0.750. The van der Waals surface area contributed by atoms with Gasteiger partial charge in [0.25, 0.3) is 0 Å². The maximum absolute atomic E-state index is 3.93. The monoisotopic (exact) mass is 233 g/mol. The Balaban J connectivity index is 2.04. The van der Waals surface area contributed by atoms with Crippen molar-refractivity contribution in [1.82, 2.24) is 4.90 Å².